The first-order valence-corrected chi connectivity index (χ1v) is 4.85. The number of rotatable bonds is 0. The molecule has 1 aliphatic heterocycles. The molecule has 4 nitrogen and oxygen atoms in total. The summed E-state index contributed by atoms with van der Waals surface area (Å²) in [6, 6.07) is 1.96. The van der Waals surface area contributed by atoms with E-state index in [1.807, 2.05) is 10.7 Å². The van der Waals surface area contributed by atoms with Crippen molar-refractivity contribution in [2.24, 2.45) is 0 Å². The van der Waals surface area contributed by atoms with Gasteiger partial charge >= 0.3 is 0 Å². The molecule has 2 rings (SSSR count). The second kappa shape index (κ2) is 2.83. The van der Waals surface area contributed by atoms with Gasteiger partial charge in [0.2, 0.25) is 5.91 Å². The van der Waals surface area contributed by atoms with Gasteiger partial charge in [-0.1, -0.05) is 20.8 Å². The van der Waals surface area contributed by atoms with Gasteiger partial charge in [0.25, 0.3) is 0 Å². The average Bonchev–Trinajstić information content (AvgIpc) is 2.45. The van der Waals surface area contributed by atoms with E-state index in [1.54, 1.807) is 0 Å². The standard InChI is InChI=1S/C10H15N3O/c1-10(2,3)7-6-8-11-9(14)4-5-13(8)12-7/h6H,4-5H2,1-3H3,(H,11,14). The average molecular weight is 193 g/mol. The lowest BCUT2D eigenvalue weighted by Gasteiger charge is -2.14. The number of aryl methyl sites for hydroxylation is 1. The van der Waals surface area contributed by atoms with Crippen molar-refractivity contribution in [2.45, 2.75) is 39.2 Å². The van der Waals surface area contributed by atoms with Crippen LogP contribution in [0.2, 0.25) is 0 Å². The van der Waals surface area contributed by atoms with E-state index in [4.69, 9.17) is 0 Å². The summed E-state index contributed by atoms with van der Waals surface area (Å²) in [7, 11) is 0. The highest BCUT2D eigenvalue weighted by Gasteiger charge is 2.22. The third-order valence-electron chi connectivity index (χ3n) is 2.37. The molecule has 1 aromatic rings. The van der Waals surface area contributed by atoms with Crippen molar-refractivity contribution in [2.75, 3.05) is 5.32 Å². The largest absolute Gasteiger partial charge is 0.311 e. The van der Waals surface area contributed by atoms with Crippen molar-refractivity contribution < 1.29 is 4.79 Å². The van der Waals surface area contributed by atoms with Crippen molar-refractivity contribution in [3.63, 3.8) is 0 Å². The fourth-order valence-corrected chi connectivity index (χ4v) is 1.47. The summed E-state index contributed by atoms with van der Waals surface area (Å²) in [4.78, 5) is 11.1. The van der Waals surface area contributed by atoms with Crippen LogP contribution in [-0.2, 0) is 16.8 Å². The molecule has 4 heteroatoms. The van der Waals surface area contributed by atoms with Crippen LogP contribution in [0.3, 0.4) is 0 Å². The van der Waals surface area contributed by atoms with Crippen LogP contribution in [0.15, 0.2) is 6.07 Å². The molecule has 0 aromatic carbocycles. The van der Waals surface area contributed by atoms with Crippen LogP contribution >= 0.6 is 0 Å². The van der Waals surface area contributed by atoms with E-state index in [-0.39, 0.29) is 11.3 Å². The fourth-order valence-electron chi connectivity index (χ4n) is 1.47. The normalized spacial score (nSPS) is 16.4. The molecular formula is C10H15N3O. The van der Waals surface area contributed by atoms with E-state index < -0.39 is 0 Å². The summed E-state index contributed by atoms with van der Waals surface area (Å²) in [6.07, 6.45) is 0.526. The van der Waals surface area contributed by atoms with Crippen LogP contribution in [0.5, 0.6) is 0 Å². The Morgan fingerprint density at radius 3 is 2.86 bits per heavy atom. The van der Waals surface area contributed by atoms with Gasteiger partial charge in [0.15, 0.2) is 0 Å². The van der Waals surface area contributed by atoms with Crippen LogP contribution in [-0.4, -0.2) is 15.7 Å². The summed E-state index contributed by atoms with van der Waals surface area (Å²) in [6.45, 7) is 7.03. The molecule has 1 N–H and O–H groups in total. The molecule has 76 valence electrons. The zero-order valence-corrected chi connectivity index (χ0v) is 8.79. The first-order valence-electron chi connectivity index (χ1n) is 4.85. The van der Waals surface area contributed by atoms with Gasteiger partial charge in [-0.05, 0) is 0 Å². The molecule has 0 unspecified atom stereocenters. The van der Waals surface area contributed by atoms with Crippen LogP contribution in [0.4, 0.5) is 5.82 Å². The number of carbonyl (C=O) groups excluding carboxylic acids is 1. The summed E-state index contributed by atoms with van der Waals surface area (Å²) in [5, 5.41) is 7.27. The first-order chi connectivity index (χ1) is 6.47. The lowest BCUT2D eigenvalue weighted by Crippen LogP contribution is -2.23. The van der Waals surface area contributed by atoms with Gasteiger partial charge in [-0.25, -0.2) is 4.68 Å². The topological polar surface area (TPSA) is 46.9 Å². The van der Waals surface area contributed by atoms with Gasteiger partial charge in [-0.3, -0.25) is 4.79 Å². The molecule has 1 aliphatic rings. The molecule has 0 fully saturated rings. The second-order valence-corrected chi connectivity index (χ2v) is 4.69. The van der Waals surface area contributed by atoms with Crippen LogP contribution in [0.25, 0.3) is 0 Å². The number of aromatic nitrogens is 2. The zero-order valence-electron chi connectivity index (χ0n) is 8.79. The summed E-state index contributed by atoms with van der Waals surface area (Å²) < 4.78 is 1.86. The Kier molecular flexibility index (Phi) is 1.87. The van der Waals surface area contributed by atoms with Crippen molar-refractivity contribution in [3.8, 4) is 0 Å². The summed E-state index contributed by atoms with van der Waals surface area (Å²) in [5.74, 6) is 0.907. The lowest BCUT2D eigenvalue weighted by atomic mass is 9.92. The number of hydrogen-bond acceptors (Lipinski definition) is 2. The SMILES string of the molecule is CC(C)(C)c1cc2n(n1)CCC(=O)N2. The number of anilines is 1. The van der Waals surface area contributed by atoms with Crippen molar-refractivity contribution in [1.82, 2.24) is 9.78 Å². The summed E-state index contributed by atoms with van der Waals surface area (Å²) in [5.41, 5.74) is 1.06. The third kappa shape index (κ3) is 1.52. The number of hydrogen-bond donors (Lipinski definition) is 1. The van der Waals surface area contributed by atoms with Crippen molar-refractivity contribution >= 4 is 11.7 Å². The third-order valence-corrected chi connectivity index (χ3v) is 2.37. The Morgan fingerprint density at radius 1 is 1.50 bits per heavy atom. The lowest BCUT2D eigenvalue weighted by molar-refractivity contribution is -0.116. The smallest absolute Gasteiger partial charge is 0.227 e. The van der Waals surface area contributed by atoms with Gasteiger partial charge < -0.3 is 5.32 Å². The molecule has 1 aromatic heterocycles. The van der Waals surface area contributed by atoms with E-state index in [0.717, 1.165) is 11.5 Å². The Labute approximate surface area is 83.3 Å². The Morgan fingerprint density at radius 2 is 2.21 bits per heavy atom. The van der Waals surface area contributed by atoms with E-state index >= 15 is 0 Å². The molecule has 0 aliphatic carbocycles. The molecule has 0 atom stereocenters. The Hall–Kier alpha value is -1.32. The number of nitrogens with zero attached hydrogens (tertiary/aromatic N) is 2. The van der Waals surface area contributed by atoms with Gasteiger partial charge in [0.05, 0.1) is 12.2 Å². The quantitative estimate of drug-likeness (QED) is 0.679. The van der Waals surface area contributed by atoms with E-state index in [1.165, 1.54) is 0 Å². The maximum atomic E-state index is 11.1. The Bertz CT molecular complexity index is 373. The van der Waals surface area contributed by atoms with E-state index in [2.05, 4.69) is 31.2 Å². The predicted octanol–water partition coefficient (Wildman–Crippen LogP) is 1.52. The molecule has 0 saturated heterocycles. The first kappa shape index (κ1) is 9.24. The number of amides is 1. The fraction of sp³-hybridized carbons (Fsp3) is 0.600. The van der Waals surface area contributed by atoms with Gasteiger partial charge in [-0.2, -0.15) is 5.10 Å². The molecule has 14 heavy (non-hydrogen) atoms. The highest BCUT2D eigenvalue weighted by molar-refractivity contribution is 5.91. The molecule has 2 heterocycles. The predicted molar refractivity (Wildman–Crippen MR) is 54.2 cm³/mol. The highest BCUT2D eigenvalue weighted by Crippen LogP contribution is 2.25. The van der Waals surface area contributed by atoms with E-state index in [9.17, 15) is 4.79 Å². The molecule has 0 bridgehead atoms. The van der Waals surface area contributed by atoms with E-state index in [0.29, 0.717) is 13.0 Å². The second-order valence-electron chi connectivity index (χ2n) is 4.69. The molecule has 1 amide bonds. The minimum atomic E-state index is 0.0368. The van der Waals surface area contributed by atoms with Crippen LogP contribution in [0.1, 0.15) is 32.9 Å². The van der Waals surface area contributed by atoms with Gasteiger partial charge in [-0.15, -0.1) is 0 Å². The maximum Gasteiger partial charge on any atom is 0.227 e. The summed E-state index contributed by atoms with van der Waals surface area (Å²) >= 11 is 0. The number of carbonyl (C=O) groups is 1. The van der Waals surface area contributed by atoms with Crippen molar-refractivity contribution in [1.29, 1.82) is 0 Å². The minimum absolute atomic E-state index is 0.0368. The number of fused-ring (bicyclic) bond motifs is 1. The van der Waals surface area contributed by atoms with Crippen molar-refractivity contribution in [3.05, 3.63) is 11.8 Å². The Balaban J connectivity index is 2.37. The molecular weight excluding hydrogens is 178 g/mol. The molecule has 0 saturated carbocycles. The maximum absolute atomic E-state index is 11.1. The van der Waals surface area contributed by atoms with Gasteiger partial charge in [0, 0.05) is 17.9 Å². The molecule has 0 radical (unpaired) electrons. The highest BCUT2D eigenvalue weighted by atomic mass is 16.1. The number of nitrogens with one attached hydrogen (secondary N) is 1. The zero-order chi connectivity index (χ0) is 10.3. The minimum Gasteiger partial charge on any atom is -0.311 e. The van der Waals surface area contributed by atoms with Crippen LogP contribution < -0.4 is 5.32 Å². The monoisotopic (exact) mass is 193 g/mol. The van der Waals surface area contributed by atoms with Gasteiger partial charge in [0.1, 0.15) is 5.82 Å². The van der Waals surface area contributed by atoms with Crippen LogP contribution in [0, 0.1) is 0 Å². The molecule has 0 spiro atoms.